The Kier molecular flexibility index (Phi) is 4.15. The van der Waals surface area contributed by atoms with Gasteiger partial charge in [-0.15, -0.1) is 0 Å². The Hall–Kier alpha value is -1.35. The fraction of sp³-hybridized carbons (Fsp3) is 0.500. The standard InChI is InChI=1S/C14H19NO2/c1-11(12-7-3-2-4-8-12)14(16)15-17-13-9-5-6-10-13/h2-4,7-8,11,13H,5-6,9-10H2,1H3,(H,15,16). The van der Waals surface area contributed by atoms with Crippen molar-refractivity contribution in [1.82, 2.24) is 5.48 Å². The normalized spacial score (nSPS) is 17.9. The quantitative estimate of drug-likeness (QED) is 0.812. The van der Waals surface area contributed by atoms with E-state index in [0.717, 1.165) is 18.4 Å². The van der Waals surface area contributed by atoms with E-state index in [1.807, 2.05) is 37.3 Å². The van der Waals surface area contributed by atoms with Crippen LogP contribution < -0.4 is 5.48 Å². The monoisotopic (exact) mass is 233 g/mol. The molecule has 1 aromatic rings. The Morgan fingerprint density at radius 2 is 1.94 bits per heavy atom. The van der Waals surface area contributed by atoms with Gasteiger partial charge in [-0.3, -0.25) is 9.63 Å². The highest BCUT2D eigenvalue weighted by molar-refractivity contribution is 5.82. The Bertz CT molecular complexity index is 358. The number of hydroxylamine groups is 1. The Balaban J connectivity index is 1.83. The maximum absolute atomic E-state index is 11.9. The zero-order valence-electron chi connectivity index (χ0n) is 10.2. The van der Waals surface area contributed by atoms with Gasteiger partial charge in [-0.05, 0) is 25.3 Å². The summed E-state index contributed by atoms with van der Waals surface area (Å²) in [6.07, 6.45) is 4.73. The molecule has 2 rings (SSSR count). The molecule has 1 aliphatic carbocycles. The summed E-state index contributed by atoms with van der Waals surface area (Å²) >= 11 is 0. The Morgan fingerprint density at radius 3 is 2.59 bits per heavy atom. The van der Waals surface area contributed by atoms with Gasteiger partial charge < -0.3 is 0 Å². The van der Waals surface area contributed by atoms with Crippen molar-refractivity contribution in [2.75, 3.05) is 0 Å². The van der Waals surface area contributed by atoms with Crippen molar-refractivity contribution < 1.29 is 9.63 Å². The predicted octanol–water partition coefficient (Wildman–Crippen LogP) is 2.78. The van der Waals surface area contributed by atoms with Gasteiger partial charge in [0.15, 0.2) is 0 Å². The molecule has 0 spiro atoms. The number of hydrogen-bond acceptors (Lipinski definition) is 2. The van der Waals surface area contributed by atoms with Gasteiger partial charge in [0.05, 0.1) is 12.0 Å². The highest BCUT2D eigenvalue weighted by Crippen LogP contribution is 2.20. The summed E-state index contributed by atoms with van der Waals surface area (Å²) in [7, 11) is 0. The van der Waals surface area contributed by atoms with Crippen molar-refractivity contribution in [2.45, 2.75) is 44.6 Å². The van der Waals surface area contributed by atoms with Gasteiger partial charge in [0.1, 0.15) is 0 Å². The second kappa shape index (κ2) is 5.82. The maximum atomic E-state index is 11.9. The lowest BCUT2D eigenvalue weighted by atomic mass is 10.0. The molecule has 0 heterocycles. The van der Waals surface area contributed by atoms with Crippen molar-refractivity contribution >= 4 is 5.91 Å². The first-order valence-corrected chi connectivity index (χ1v) is 6.28. The van der Waals surface area contributed by atoms with Crippen molar-refractivity contribution in [3.05, 3.63) is 35.9 Å². The van der Waals surface area contributed by atoms with Gasteiger partial charge >= 0.3 is 0 Å². The first-order chi connectivity index (χ1) is 8.27. The van der Waals surface area contributed by atoms with Crippen molar-refractivity contribution in [2.24, 2.45) is 0 Å². The molecule has 0 bridgehead atoms. The van der Waals surface area contributed by atoms with Gasteiger partial charge in [-0.1, -0.05) is 43.2 Å². The summed E-state index contributed by atoms with van der Waals surface area (Å²) in [6.45, 7) is 1.89. The zero-order chi connectivity index (χ0) is 12.1. The van der Waals surface area contributed by atoms with E-state index >= 15 is 0 Å². The van der Waals surface area contributed by atoms with Crippen LogP contribution in [0.2, 0.25) is 0 Å². The first-order valence-electron chi connectivity index (χ1n) is 6.28. The molecule has 1 amide bonds. The largest absolute Gasteiger partial charge is 0.272 e. The number of amides is 1. The van der Waals surface area contributed by atoms with Crippen LogP contribution in [0.3, 0.4) is 0 Å². The summed E-state index contributed by atoms with van der Waals surface area (Å²) in [5, 5.41) is 0. The van der Waals surface area contributed by atoms with E-state index in [4.69, 9.17) is 4.84 Å². The van der Waals surface area contributed by atoms with E-state index in [-0.39, 0.29) is 17.9 Å². The highest BCUT2D eigenvalue weighted by atomic mass is 16.7. The number of carbonyl (C=O) groups excluding carboxylic acids is 1. The van der Waals surface area contributed by atoms with Crippen LogP contribution in [-0.4, -0.2) is 12.0 Å². The van der Waals surface area contributed by atoms with Crippen molar-refractivity contribution in [1.29, 1.82) is 0 Å². The second-order valence-corrected chi connectivity index (χ2v) is 4.62. The van der Waals surface area contributed by atoms with Crippen LogP contribution in [0.1, 0.15) is 44.1 Å². The molecule has 0 saturated heterocycles. The molecular weight excluding hydrogens is 214 g/mol. The molecule has 1 atom stereocenters. The third kappa shape index (κ3) is 3.30. The van der Waals surface area contributed by atoms with E-state index in [1.165, 1.54) is 12.8 Å². The molecule has 17 heavy (non-hydrogen) atoms. The van der Waals surface area contributed by atoms with Gasteiger partial charge in [0, 0.05) is 0 Å². The molecule has 1 unspecified atom stereocenters. The minimum absolute atomic E-state index is 0.0666. The van der Waals surface area contributed by atoms with Crippen LogP contribution >= 0.6 is 0 Å². The topological polar surface area (TPSA) is 38.3 Å². The molecule has 3 nitrogen and oxygen atoms in total. The van der Waals surface area contributed by atoms with Gasteiger partial charge in [0.2, 0.25) is 0 Å². The zero-order valence-corrected chi connectivity index (χ0v) is 10.2. The average molecular weight is 233 g/mol. The summed E-state index contributed by atoms with van der Waals surface area (Å²) in [5.74, 6) is -0.235. The summed E-state index contributed by atoms with van der Waals surface area (Å²) in [5.41, 5.74) is 3.60. The molecule has 1 saturated carbocycles. The average Bonchev–Trinajstić information content (AvgIpc) is 2.89. The number of carbonyl (C=O) groups is 1. The molecule has 1 fully saturated rings. The van der Waals surface area contributed by atoms with Gasteiger partial charge in [-0.2, -0.15) is 0 Å². The Morgan fingerprint density at radius 1 is 1.29 bits per heavy atom. The third-order valence-electron chi connectivity index (χ3n) is 3.32. The fourth-order valence-electron chi connectivity index (χ4n) is 2.13. The number of rotatable bonds is 4. The fourth-order valence-corrected chi connectivity index (χ4v) is 2.13. The van der Waals surface area contributed by atoms with Crippen LogP contribution in [0.5, 0.6) is 0 Å². The lowest BCUT2D eigenvalue weighted by Gasteiger charge is -2.15. The summed E-state index contributed by atoms with van der Waals surface area (Å²) in [6, 6.07) is 9.75. The molecule has 1 aliphatic rings. The third-order valence-corrected chi connectivity index (χ3v) is 3.32. The van der Waals surface area contributed by atoms with Crippen LogP contribution in [0.25, 0.3) is 0 Å². The molecule has 3 heteroatoms. The van der Waals surface area contributed by atoms with E-state index < -0.39 is 0 Å². The smallest absolute Gasteiger partial charge is 0.250 e. The minimum atomic E-state index is -0.169. The van der Waals surface area contributed by atoms with Crippen LogP contribution in [0, 0.1) is 0 Å². The van der Waals surface area contributed by atoms with Gasteiger partial charge in [-0.25, -0.2) is 5.48 Å². The maximum Gasteiger partial charge on any atom is 0.250 e. The van der Waals surface area contributed by atoms with E-state index in [9.17, 15) is 4.79 Å². The molecular formula is C14H19NO2. The van der Waals surface area contributed by atoms with E-state index in [1.54, 1.807) is 0 Å². The molecule has 0 aromatic heterocycles. The SMILES string of the molecule is CC(C(=O)NOC1CCCC1)c1ccccc1. The van der Waals surface area contributed by atoms with E-state index in [0.29, 0.717) is 0 Å². The van der Waals surface area contributed by atoms with E-state index in [2.05, 4.69) is 5.48 Å². The number of nitrogens with one attached hydrogen (secondary N) is 1. The van der Waals surface area contributed by atoms with Gasteiger partial charge in [0.25, 0.3) is 5.91 Å². The minimum Gasteiger partial charge on any atom is -0.272 e. The van der Waals surface area contributed by atoms with Crippen LogP contribution in [0.15, 0.2) is 30.3 Å². The summed E-state index contributed by atoms with van der Waals surface area (Å²) < 4.78 is 0. The highest BCUT2D eigenvalue weighted by Gasteiger charge is 2.19. The number of benzene rings is 1. The molecule has 0 aliphatic heterocycles. The lowest BCUT2D eigenvalue weighted by Crippen LogP contribution is -2.31. The molecule has 1 aromatic carbocycles. The van der Waals surface area contributed by atoms with Crippen molar-refractivity contribution in [3.8, 4) is 0 Å². The number of hydrogen-bond donors (Lipinski definition) is 1. The molecule has 1 N–H and O–H groups in total. The Labute approximate surface area is 102 Å². The lowest BCUT2D eigenvalue weighted by molar-refractivity contribution is -0.139. The van der Waals surface area contributed by atoms with Crippen LogP contribution in [-0.2, 0) is 9.63 Å². The summed E-state index contributed by atoms with van der Waals surface area (Å²) in [4.78, 5) is 17.3. The van der Waals surface area contributed by atoms with Crippen molar-refractivity contribution in [3.63, 3.8) is 0 Å². The first kappa shape index (κ1) is 12.1. The molecule has 0 radical (unpaired) electrons. The van der Waals surface area contributed by atoms with Crippen LogP contribution in [0.4, 0.5) is 0 Å². The molecule has 92 valence electrons. The second-order valence-electron chi connectivity index (χ2n) is 4.62. The predicted molar refractivity (Wildman–Crippen MR) is 66.3 cm³/mol.